The van der Waals surface area contributed by atoms with Gasteiger partial charge in [0.1, 0.15) is 0 Å². The summed E-state index contributed by atoms with van der Waals surface area (Å²) in [4.78, 5) is 8.53. The Bertz CT molecular complexity index is 400. The molecule has 1 aliphatic rings. The standard InChI is InChI=1S/C12H20N4O2/c1-12(7-13,8-4-5-8)16-11-14-9(17-2)6-10(15-11)18-3/h6,8H,4-5,7,13H2,1-3H3,(H,14,15,16). The van der Waals surface area contributed by atoms with Gasteiger partial charge in [-0.05, 0) is 25.7 Å². The zero-order chi connectivity index (χ0) is 13.2. The lowest BCUT2D eigenvalue weighted by atomic mass is 9.96. The minimum absolute atomic E-state index is 0.169. The molecule has 1 heterocycles. The third-order valence-corrected chi connectivity index (χ3v) is 3.40. The predicted octanol–water partition coefficient (Wildman–Crippen LogP) is 1.03. The van der Waals surface area contributed by atoms with Crippen LogP contribution in [-0.4, -0.2) is 36.3 Å². The molecule has 0 saturated heterocycles. The van der Waals surface area contributed by atoms with Crippen LogP contribution in [0, 0.1) is 5.92 Å². The van der Waals surface area contributed by atoms with Crippen molar-refractivity contribution in [1.82, 2.24) is 9.97 Å². The summed E-state index contributed by atoms with van der Waals surface area (Å²) >= 11 is 0. The van der Waals surface area contributed by atoms with Gasteiger partial charge in [-0.2, -0.15) is 9.97 Å². The lowest BCUT2D eigenvalue weighted by Gasteiger charge is -2.29. The highest BCUT2D eigenvalue weighted by molar-refractivity contribution is 5.37. The average Bonchev–Trinajstić information content (AvgIpc) is 3.22. The van der Waals surface area contributed by atoms with E-state index in [0.29, 0.717) is 30.2 Å². The molecule has 18 heavy (non-hydrogen) atoms. The number of nitrogens with one attached hydrogen (secondary N) is 1. The van der Waals surface area contributed by atoms with E-state index in [4.69, 9.17) is 15.2 Å². The zero-order valence-corrected chi connectivity index (χ0v) is 11.1. The van der Waals surface area contributed by atoms with E-state index in [0.717, 1.165) is 0 Å². The Balaban J connectivity index is 2.21. The van der Waals surface area contributed by atoms with Crippen LogP contribution in [0.3, 0.4) is 0 Å². The maximum absolute atomic E-state index is 5.86. The monoisotopic (exact) mass is 252 g/mol. The molecule has 100 valence electrons. The summed E-state index contributed by atoms with van der Waals surface area (Å²) in [6.07, 6.45) is 2.39. The molecule has 0 amide bonds. The van der Waals surface area contributed by atoms with E-state index in [2.05, 4.69) is 22.2 Å². The van der Waals surface area contributed by atoms with Crippen LogP contribution in [0.4, 0.5) is 5.95 Å². The molecule has 1 fully saturated rings. The molecule has 0 aromatic carbocycles. The molecule has 0 spiro atoms. The van der Waals surface area contributed by atoms with Crippen LogP contribution < -0.4 is 20.5 Å². The molecule has 2 rings (SSSR count). The normalized spacial score (nSPS) is 18.0. The van der Waals surface area contributed by atoms with Gasteiger partial charge in [-0.25, -0.2) is 0 Å². The highest BCUT2D eigenvalue weighted by Crippen LogP contribution is 2.40. The van der Waals surface area contributed by atoms with Gasteiger partial charge in [0.05, 0.1) is 25.8 Å². The number of methoxy groups -OCH3 is 2. The van der Waals surface area contributed by atoms with E-state index < -0.39 is 0 Å². The first-order chi connectivity index (χ1) is 8.61. The third kappa shape index (κ3) is 2.64. The minimum Gasteiger partial charge on any atom is -0.481 e. The van der Waals surface area contributed by atoms with Gasteiger partial charge in [0.25, 0.3) is 0 Å². The number of hydrogen-bond donors (Lipinski definition) is 2. The fraction of sp³-hybridized carbons (Fsp3) is 0.667. The maximum Gasteiger partial charge on any atom is 0.229 e. The molecular formula is C12H20N4O2. The van der Waals surface area contributed by atoms with Crippen LogP contribution in [0.5, 0.6) is 11.8 Å². The van der Waals surface area contributed by atoms with Gasteiger partial charge >= 0.3 is 0 Å². The van der Waals surface area contributed by atoms with Gasteiger partial charge in [0, 0.05) is 6.54 Å². The first-order valence-corrected chi connectivity index (χ1v) is 6.06. The van der Waals surface area contributed by atoms with Crippen LogP contribution in [0.1, 0.15) is 19.8 Å². The van der Waals surface area contributed by atoms with E-state index >= 15 is 0 Å². The first-order valence-electron chi connectivity index (χ1n) is 6.06. The molecule has 1 aromatic heterocycles. The number of ether oxygens (including phenoxy) is 2. The summed E-state index contributed by atoms with van der Waals surface area (Å²) in [5.74, 6) is 2.02. The fourth-order valence-corrected chi connectivity index (χ4v) is 1.96. The number of nitrogens with zero attached hydrogens (tertiary/aromatic N) is 2. The summed E-state index contributed by atoms with van der Waals surface area (Å²) in [5.41, 5.74) is 5.69. The second-order valence-corrected chi connectivity index (χ2v) is 4.80. The van der Waals surface area contributed by atoms with Crippen molar-refractivity contribution in [2.75, 3.05) is 26.1 Å². The summed E-state index contributed by atoms with van der Waals surface area (Å²) in [6.45, 7) is 2.64. The first kappa shape index (κ1) is 12.9. The summed E-state index contributed by atoms with van der Waals surface area (Å²) < 4.78 is 10.2. The van der Waals surface area contributed by atoms with Crippen LogP contribution in [-0.2, 0) is 0 Å². The van der Waals surface area contributed by atoms with E-state index in [1.54, 1.807) is 20.3 Å². The SMILES string of the molecule is COc1cc(OC)nc(NC(C)(CN)C2CC2)n1. The largest absolute Gasteiger partial charge is 0.481 e. The van der Waals surface area contributed by atoms with Gasteiger partial charge in [-0.1, -0.05) is 0 Å². The van der Waals surface area contributed by atoms with Crippen molar-refractivity contribution in [3.8, 4) is 11.8 Å². The summed E-state index contributed by atoms with van der Waals surface area (Å²) in [7, 11) is 3.13. The molecule has 6 heteroatoms. The Morgan fingerprint density at radius 2 is 1.89 bits per heavy atom. The molecule has 1 aromatic rings. The fourth-order valence-electron chi connectivity index (χ4n) is 1.96. The average molecular weight is 252 g/mol. The highest BCUT2D eigenvalue weighted by atomic mass is 16.5. The van der Waals surface area contributed by atoms with Crippen molar-refractivity contribution >= 4 is 5.95 Å². The van der Waals surface area contributed by atoms with Crippen molar-refractivity contribution in [2.24, 2.45) is 11.7 Å². The summed E-state index contributed by atoms with van der Waals surface area (Å²) in [5, 5.41) is 3.31. The number of anilines is 1. The van der Waals surface area contributed by atoms with Crippen LogP contribution in [0.25, 0.3) is 0 Å². The van der Waals surface area contributed by atoms with Crippen molar-refractivity contribution in [1.29, 1.82) is 0 Å². The van der Waals surface area contributed by atoms with Crippen molar-refractivity contribution in [2.45, 2.75) is 25.3 Å². The topological polar surface area (TPSA) is 82.3 Å². The molecule has 1 unspecified atom stereocenters. The maximum atomic E-state index is 5.86. The molecule has 0 radical (unpaired) electrons. The Hall–Kier alpha value is -1.56. The van der Waals surface area contributed by atoms with Crippen LogP contribution in [0.2, 0.25) is 0 Å². The Kier molecular flexibility index (Phi) is 3.56. The van der Waals surface area contributed by atoms with Gasteiger partial charge < -0.3 is 20.5 Å². The molecule has 0 aliphatic heterocycles. The number of aromatic nitrogens is 2. The zero-order valence-electron chi connectivity index (χ0n) is 11.1. The van der Waals surface area contributed by atoms with E-state index in [-0.39, 0.29) is 5.54 Å². The van der Waals surface area contributed by atoms with Gasteiger partial charge in [0.15, 0.2) is 0 Å². The second-order valence-electron chi connectivity index (χ2n) is 4.80. The Morgan fingerprint density at radius 1 is 1.33 bits per heavy atom. The molecule has 0 bridgehead atoms. The molecule has 1 aliphatic carbocycles. The smallest absolute Gasteiger partial charge is 0.229 e. The molecule has 6 nitrogen and oxygen atoms in total. The quantitative estimate of drug-likeness (QED) is 0.787. The van der Waals surface area contributed by atoms with Crippen molar-refractivity contribution in [3.05, 3.63) is 6.07 Å². The van der Waals surface area contributed by atoms with E-state index in [1.807, 2.05) is 0 Å². The Morgan fingerprint density at radius 3 is 2.28 bits per heavy atom. The number of hydrogen-bond acceptors (Lipinski definition) is 6. The molecule has 1 saturated carbocycles. The predicted molar refractivity (Wildman–Crippen MR) is 68.9 cm³/mol. The molecular weight excluding hydrogens is 232 g/mol. The van der Waals surface area contributed by atoms with Gasteiger partial charge in [-0.15, -0.1) is 0 Å². The molecule has 1 atom stereocenters. The van der Waals surface area contributed by atoms with Gasteiger partial charge in [-0.3, -0.25) is 0 Å². The third-order valence-electron chi connectivity index (χ3n) is 3.40. The molecule has 3 N–H and O–H groups in total. The van der Waals surface area contributed by atoms with E-state index in [1.165, 1.54) is 12.8 Å². The Labute approximate surface area is 107 Å². The minimum atomic E-state index is -0.169. The summed E-state index contributed by atoms with van der Waals surface area (Å²) in [6, 6.07) is 1.64. The highest BCUT2D eigenvalue weighted by Gasteiger charge is 2.41. The lowest BCUT2D eigenvalue weighted by Crippen LogP contribution is -2.45. The van der Waals surface area contributed by atoms with Crippen molar-refractivity contribution < 1.29 is 9.47 Å². The number of nitrogens with two attached hydrogens (primary N) is 1. The van der Waals surface area contributed by atoms with Gasteiger partial charge in [0.2, 0.25) is 17.7 Å². The van der Waals surface area contributed by atoms with Crippen LogP contribution in [0.15, 0.2) is 6.07 Å². The van der Waals surface area contributed by atoms with Crippen LogP contribution >= 0.6 is 0 Å². The van der Waals surface area contributed by atoms with E-state index in [9.17, 15) is 0 Å². The second kappa shape index (κ2) is 4.97. The lowest BCUT2D eigenvalue weighted by molar-refractivity contribution is 0.370. The van der Waals surface area contributed by atoms with Crippen molar-refractivity contribution in [3.63, 3.8) is 0 Å². The number of rotatable bonds is 6.